The van der Waals surface area contributed by atoms with Crippen molar-refractivity contribution in [1.29, 1.82) is 0 Å². The van der Waals surface area contributed by atoms with Crippen LogP contribution in [-0.2, 0) is 15.8 Å². The topological polar surface area (TPSA) is 47.9 Å². The van der Waals surface area contributed by atoms with E-state index in [-0.39, 0.29) is 23.9 Å². The first kappa shape index (κ1) is 23.9. The monoisotopic (exact) mass is 394 g/mol. The molecule has 0 saturated carbocycles. The van der Waals surface area contributed by atoms with E-state index in [9.17, 15) is 5.11 Å². The Kier molecular flexibility index (Phi) is 9.74. The first-order valence-corrected chi connectivity index (χ1v) is 12.7. The molecule has 0 heterocycles. The third kappa shape index (κ3) is 7.78. The lowest BCUT2D eigenvalue weighted by atomic mass is 10.1. The van der Waals surface area contributed by atoms with Crippen molar-refractivity contribution in [2.24, 2.45) is 0 Å². The van der Waals surface area contributed by atoms with Gasteiger partial charge in [-0.15, -0.1) is 0 Å². The van der Waals surface area contributed by atoms with Gasteiger partial charge in [0.1, 0.15) is 5.75 Å². The number of aliphatic hydroxyl groups is 1. The van der Waals surface area contributed by atoms with E-state index in [1.54, 1.807) is 7.11 Å². The second-order valence-corrected chi connectivity index (χ2v) is 13.2. The van der Waals surface area contributed by atoms with Crippen molar-refractivity contribution >= 4 is 8.32 Å². The van der Waals surface area contributed by atoms with Crippen LogP contribution in [0.1, 0.15) is 46.1 Å². The van der Waals surface area contributed by atoms with Gasteiger partial charge >= 0.3 is 0 Å². The lowest BCUT2D eigenvalue weighted by Gasteiger charge is -2.40. The average Bonchev–Trinajstić information content (AvgIpc) is 2.62. The second-order valence-electron chi connectivity index (χ2n) is 8.41. The largest absolute Gasteiger partial charge is 0.497 e. The highest BCUT2D eigenvalue weighted by Gasteiger charge is 2.40. The van der Waals surface area contributed by atoms with Gasteiger partial charge in [-0.05, 0) is 48.7 Å². The molecule has 0 unspecified atom stereocenters. The maximum absolute atomic E-state index is 10.0. The number of allylic oxidation sites excluding steroid dienone is 1. The summed E-state index contributed by atoms with van der Waals surface area (Å²) in [4.78, 5) is 0. The van der Waals surface area contributed by atoms with Crippen molar-refractivity contribution in [3.63, 3.8) is 0 Å². The van der Waals surface area contributed by atoms with E-state index in [1.807, 2.05) is 24.3 Å². The Hall–Kier alpha value is -1.14. The summed E-state index contributed by atoms with van der Waals surface area (Å²) in [5, 5.41) is 10.1. The minimum atomic E-state index is -2.00. The lowest BCUT2D eigenvalue weighted by Crippen LogP contribution is -2.48. The maximum Gasteiger partial charge on any atom is 0.192 e. The van der Waals surface area contributed by atoms with Gasteiger partial charge in [-0.3, -0.25) is 0 Å². The molecular weight excluding hydrogens is 356 g/mol. The quantitative estimate of drug-likeness (QED) is 0.408. The molecule has 4 nitrogen and oxygen atoms in total. The molecule has 0 amide bonds. The Bertz CT molecular complexity index is 561. The van der Waals surface area contributed by atoms with Crippen LogP contribution < -0.4 is 4.74 Å². The van der Waals surface area contributed by atoms with Crippen molar-refractivity contribution in [3.8, 4) is 5.75 Å². The Morgan fingerprint density at radius 3 is 2.19 bits per heavy atom. The zero-order valence-corrected chi connectivity index (χ0v) is 19.1. The van der Waals surface area contributed by atoms with Gasteiger partial charge < -0.3 is 19.0 Å². The molecular formula is C22H38O4Si. The molecule has 5 heteroatoms. The van der Waals surface area contributed by atoms with Gasteiger partial charge in [0, 0.05) is 0 Å². The van der Waals surface area contributed by atoms with E-state index in [0.717, 1.165) is 24.2 Å². The molecule has 0 aliphatic heterocycles. The molecule has 0 aliphatic rings. The van der Waals surface area contributed by atoms with Crippen molar-refractivity contribution in [2.75, 3.05) is 13.7 Å². The summed E-state index contributed by atoms with van der Waals surface area (Å²) in [5.41, 5.74) is 1.07. The Morgan fingerprint density at radius 2 is 1.70 bits per heavy atom. The summed E-state index contributed by atoms with van der Waals surface area (Å²) < 4.78 is 17.9. The van der Waals surface area contributed by atoms with E-state index in [1.165, 1.54) is 0 Å². The molecule has 2 atom stereocenters. The van der Waals surface area contributed by atoms with E-state index in [2.05, 4.69) is 52.9 Å². The predicted octanol–water partition coefficient (Wildman–Crippen LogP) is 5.32. The summed E-state index contributed by atoms with van der Waals surface area (Å²) in [7, 11) is -0.342. The van der Waals surface area contributed by atoms with Crippen molar-refractivity contribution in [1.82, 2.24) is 0 Å². The van der Waals surface area contributed by atoms with E-state index < -0.39 is 8.32 Å². The lowest BCUT2D eigenvalue weighted by molar-refractivity contribution is -0.0568. The van der Waals surface area contributed by atoms with Crippen LogP contribution in [0.2, 0.25) is 18.1 Å². The molecule has 0 fully saturated rings. The van der Waals surface area contributed by atoms with Crippen LogP contribution in [0.5, 0.6) is 5.75 Å². The number of benzene rings is 1. The normalized spacial score (nSPS) is 15.1. The molecule has 154 valence electrons. The van der Waals surface area contributed by atoms with Crippen molar-refractivity contribution < 1.29 is 19.0 Å². The van der Waals surface area contributed by atoms with Crippen LogP contribution in [0.3, 0.4) is 0 Å². The van der Waals surface area contributed by atoms with Gasteiger partial charge in [0.2, 0.25) is 0 Å². The van der Waals surface area contributed by atoms with Crippen molar-refractivity contribution in [2.45, 2.75) is 77.5 Å². The van der Waals surface area contributed by atoms with Crippen molar-refractivity contribution in [3.05, 3.63) is 42.0 Å². The van der Waals surface area contributed by atoms with Crippen LogP contribution >= 0.6 is 0 Å². The standard InChI is InChI=1S/C22H38O4Si/c1-8-9-10-11-20(21(16-23)26-27(6,7)22(2,3)4)25-17-18-12-14-19(24-5)15-13-18/h9-10,12-15,20-21,23H,8,11,16-17H2,1-7H3/b10-9-/t20-,21+/m0/s1. The number of methoxy groups -OCH3 is 1. The van der Waals surface area contributed by atoms with Gasteiger partial charge in [-0.1, -0.05) is 52.0 Å². The molecule has 0 bridgehead atoms. The van der Waals surface area contributed by atoms with Crippen LogP contribution in [0.15, 0.2) is 36.4 Å². The molecule has 1 N–H and O–H groups in total. The first-order valence-electron chi connectivity index (χ1n) is 9.82. The van der Waals surface area contributed by atoms with Gasteiger partial charge in [0.25, 0.3) is 0 Å². The third-order valence-electron chi connectivity index (χ3n) is 5.24. The zero-order chi connectivity index (χ0) is 20.5. The highest BCUT2D eigenvalue weighted by molar-refractivity contribution is 6.74. The maximum atomic E-state index is 10.0. The molecule has 1 aromatic rings. The SMILES string of the molecule is CC/C=C\C[C@H](OCc1ccc(OC)cc1)[C@@H](CO)O[Si](C)(C)C(C)(C)C. The molecule has 0 spiro atoms. The van der Waals surface area contributed by atoms with E-state index in [4.69, 9.17) is 13.9 Å². The number of hydrogen-bond donors (Lipinski definition) is 1. The minimum absolute atomic E-state index is 0.0419. The summed E-state index contributed by atoms with van der Waals surface area (Å²) >= 11 is 0. The van der Waals surface area contributed by atoms with E-state index >= 15 is 0 Å². The van der Waals surface area contributed by atoms with Crippen LogP contribution in [0, 0.1) is 0 Å². The fraction of sp³-hybridized carbons (Fsp3) is 0.636. The molecule has 0 saturated heterocycles. The number of aliphatic hydroxyl groups excluding tert-OH is 1. The van der Waals surface area contributed by atoms with Gasteiger partial charge in [0.15, 0.2) is 8.32 Å². The summed E-state index contributed by atoms with van der Waals surface area (Å²) in [6.45, 7) is 13.6. The van der Waals surface area contributed by atoms with Crippen LogP contribution in [0.25, 0.3) is 0 Å². The third-order valence-corrected chi connectivity index (χ3v) is 9.75. The predicted molar refractivity (Wildman–Crippen MR) is 115 cm³/mol. The Balaban J connectivity index is 2.87. The van der Waals surface area contributed by atoms with Crippen LogP contribution in [-0.4, -0.2) is 39.3 Å². The minimum Gasteiger partial charge on any atom is -0.497 e. The highest BCUT2D eigenvalue weighted by atomic mass is 28.4. The smallest absolute Gasteiger partial charge is 0.192 e. The van der Waals surface area contributed by atoms with Gasteiger partial charge in [-0.25, -0.2) is 0 Å². The number of rotatable bonds is 11. The fourth-order valence-electron chi connectivity index (χ4n) is 2.44. The van der Waals surface area contributed by atoms with Crippen LogP contribution in [0.4, 0.5) is 0 Å². The van der Waals surface area contributed by atoms with E-state index in [0.29, 0.717) is 6.61 Å². The fourth-order valence-corrected chi connectivity index (χ4v) is 3.77. The molecule has 0 radical (unpaired) electrons. The van der Waals surface area contributed by atoms with Gasteiger partial charge in [0.05, 0.1) is 32.5 Å². The molecule has 1 aromatic carbocycles. The highest BCUT2D eigenvalue weighted by Crippen LogP contribution is 2.38. The molecule has 27 heavy (non-hydrogen) atoms. The summed E-state index contributed by atoms with van der Waals surface area (Å²) in [6.07, 6.45) is 5.45. The average molecular weight is 395 g/mol. The zero-order valence-electron chi connectivity index (χ0n) is 18.1. The second kappa shape index (κ2) is 11.0. The first-order chi connectivity index (χ1) is 12.6. The molecule has 1 rings (SSSR count). The molecule has 0 aliphatic carbocycles. The molecule has 0 aromatic heterocycles. The summed E-state index contributed by atoms with van der Waals surface area (Å²) in [5.74, 6) is 0.829. The Labute approximate surface area is 166 Å². The Morgan fingerprint density at radius 1 is 1.07 bits per heavy atom. The number of hydrogen-bond acceptors (Lipinski definition) is 4. The summed E-state index contributed by atoms with van der Waals surface area (Å²) in [6, 6.07) is 7.86. The van der Waals surface area contributed by atoms with Gasteiger partial charge in [-0.2, -0.15) is 0 Å². The number of ether oxygens (including phenoxy) is 2.